The Balaban J connectivity index is 2.15. The molecule has 0 aliphatic heterocycles. The average molecular weight is 247 g/mol. The standard InChI is InChI=1S/C13H17N3O2/c1-10-13(9-15-16(10)8-4-7-14)18-12-6-3-2-5-11(12)17/h2-3,5-6,9,17H,4,7-8,14H2,1H3. The van der Waals surface area contributed by atoms with E-state index in [1.807, 2.05) is 17.7 Å². The smallest absolute Gasteiger partial charge is 0.169 e. The molecule has 0 saturated carbocycles. The van der Waals surface area contributed by atoms with Gasteiger partial charge in [-0.1, -0.05) is 12.1 Å². The van der Waals surface area contributed by atoms with Crippen molar-refractivity contribution in [2.45, 2.75) is 19.9 Å². The number of hydrogen-bond donors (Lipinski definition) is 2. The second kappa shape index (κ2) is 5.55. The summed E-state index contributed by atoms with van der Waals surface area (Å²) in [6.45, 7) is 3.33. The van der Waals surface area contributed by atoms with Crippen LogP contribution in [0.5, 0.6) is 17.2 Å². The molecule has 96 valence electrons. The number of benzene rings is 1. The number of rotatable bonds is 5. The molecule has 0 bridgehead atoms. The van der Waals surface area contributed by atoms with Gasteiger partial charge in [-0.15, -0.1) is 0 Å². The van der Waals surface area contributed by atoms with E-state index >= 15 is 0 Å². The number of aryl methyl sites for hydroxylation is 1. The van der Waals surface area contributed by atoms with Gasteiger partial charge in [0, 0.05) is 6.54 Å². The summed E-state index contributed by atoms with van der Waals surface area (Å²) in [5.74, 6) is 1.19. The van der Waals surface area contributed by atoms with Crippen LogP contribution in [0, 0.1) is 6.92 Å². The molecular weight excluding hydrogens is 230 g/mol. The van der Waals surface area contributed by atoms with Gasteiger partial charge in [-0.05, 0) is 32.0 Å². The molecule has 0 spiro atoms. The Bertz CT molecular complexity index is 523. The SMILES string of the molecule is Cc1c(Oc2ccccc2O)cnn1CCCN. The van der Waals surface area contributed by atoms with Crippen LogP contribution in [-0.4, -0.2) is 21.4 Å². The fraction of sp³-hybridized carbons (Fsp3) is 0.308. The first kappa shape index (κ1) is 12.4. The third-order valence-electron chi connectivity index (χ3n) is 2.72. The molecule has 1 aromatic heterocycles. The van der Waals surface area contributed by atoms with Crippen LogP contribution in [0.3, 0.4) is 0 Å². The lowest BCUT2D eigenvalue weighted by atomic mass is 10.3. The third-order valence-corrected chi connectivity index (χ3v) is 2.72. The Labute approximate surface area is 106 Å². The van der Waals surface area contributed by atoms with Crippen LogP contribution >= 0.6 is 0 Å². The summed E-state index contributed by atoms with van der Waals surface area (Å²) in [4.78, 5) is 0. The van der Waals surface area contributed by atoms with Gasteiger partial charge < -0.3 is 15.6 Å². The molecule has 3 N–H and O–H groups in total. The maximum Gasteiger partial charge on any atom is 0.169 e. The second-order valence-corrected chi connectivity index (χ2v) is 4.03. The van der Waals surface area contributed by atoms with E-state index < -0.39 is 0 Å². The molecule has 0 unspecified atom stereocenters. The Hall–Kier alpha value is -2.01. The Morgan fingerprint density at radius 3 is 2.83 bits per heavy atom. The highest BCUT2D eigenvalue weighted by Gasteiger charge is 2.10. The molecule has 0 radical (unpaired) electrons. The zero-order valence-electron chi connectivity index (χ0n) is 10.3. The van der Waals surface area contributed by atoms with E-state index in [9.17, 15) is 5.11 Å². The summed E-state index contributed by atoms with van der Waals surface area (Å²) < 4.78 is 7.49. The summed E-state index contributed by atoms with van der Waals surface area (Å²) in [5.41, 5.74) is 6.39. The zero-order valence-corrected chi connectivity index (χ0v) is 10.3. The molecule has 0 saturated heterocycles. The summed E-state index contributed by atoms with van der Waals surface area (Å²) in [6, 6.07) is 6.86. The number of aromatic nitrogens is 2. The molecule has 0 fully saturated rings. The van der Waals surface area contributed by atoms with E-state index in [2.05, 4.69) is 5.10 Å². The van der Waals surface area contributed by atoms with Crippen molar-refractivity contribution in [1.29, 1.82) is 0 Å². The predicted molar refractivity (Wildman–Crippen MR) is 68.8 cm³/mol. The number of phenols is 1. The molecule has 18 heavy (non-hydrogen) atoms. The zero-order chi connectivity index (χ0) is 13.0. The maximum atomic E-state index is 9.64. The normalized spacial score (nSPS) is 10.6. The fourth-order valence-electron chi connectivity index (χ4n) is 1.66. The lowest BCUT2D eigenvalue weighted by molar-refractivity contribution is 0.409. The molecule has 2 rings (SSSR count). The van der Waals surface area contributed by atoms with Gasteiger partial charge >= 0.3 is 0 Å². The maximum absolute atomic E-state index is 9.64. The van der Waals surface area contributed by atoms with E-state index in [1.54, 1.807) is 24.4 Å². The van der Waals surface area contributed by atoms with E-state index in [-0.39, 0.29) is 5.75 Å². The van der Waals surface area contributed by atoms with Crippen LogP contribution in [0.15, 0.2) is 30.5 Å². The molecule has 2 aromatic rings. The lowest BCUT2D eigenvalue weighted by Gasteiger charge is -2.07. The second-order valence-electron chi connectivity index (χ2n) is 4.03. The minimum atomic E-state index is 0.117. The van der Waals surface area contributed by atoms with Crippen molar-refractivity contribution < 1.29 is 9.84 Å². The molecule has 1 aromatic carbocycles. The lowest BCUT2D eigenvalue weighted by Crippen LogP contribution is -2.08. The molecule has 0 aliphatic rings. The first-order valence-electron chi connectivity index (χ1n) is 5.90. The first-order chi connectivity index (χ1) is 8.72. The van der Waals surface area contributed by atoms with Crippen LogP contribution in [0.1, 0.15) is 12.1 Å². The molecule has 1 heterocycles. The van der Waals surface area contributed by atoms with E-state index in [0.29, 0.717) is 18.0 Å². The van der Waals surface area contributed by atoms with Crippen molar-refractivity contribution in [3.8, 4) is 17.2 Å². The van der Waals surface area contributed by atoms with Crippen molar-refractivity contribution in [3.05, 3.63) is 36.2 Å². The van der Waals surface area contributed by atoms with Gasteiger partial charge in [0.2, 0.25) is 0 Å². The van der Waals surface area contributed by atoms with Crippen molar-refractivity contribution >= 4 is 0 Å². The summed E-state index contributed by atoms with van der Waals surface area (Å²) in [7, 11) is 0. The number of ether oxygens (including phenoxy) is 1. The van der Waals surface area contributed by atoms with Gasteiger partial charge in [-0.25, -0.2) is 0 Å². The Morgan fingerprint density at radius 1 is 1.33 bits per heavy atom. The van der Waals surface area contributed by atoms with Crippen LogP contribution in [0.2, 0.25) is 0 Å². The number of para-hydroxylation sites is 2. The van der Waals surface area contributed by atoms with Crippen LogP contribution in [0.25, 0.3) is 0 Å². The predicted octanol–water partition coefficient (Wildman–Crippen LogP) is 2.04. The number of hydrogen-bond acceptors (Lipinski definition) is 4. The Kier molecular flexibility index (Phi) is 3.84. The van der Waals surface area contributed by atoms with Crippen LogP contribution < -0.4 is 10.5 Å². The molecule has 0 atom stereocenters. The highest BCUT2D eigenvalue weighted by atomic mass is 16.5. The average Bonchev–Trinajstić information content (AvgIpc) is 2.71. The van der Waals surface area contributed by atoms with Gasteiger partial charge in [0.15, 0.2) is 17.2 Å². The monoisotopic (exact) mass is 247 g/mol. The largest absolute Gasteiger partial charge is 0.504 e. The van der Waals surface area contributed by atoms with Crippen LogP contribution in [-0.2, 0) is 6.54 Å². The van der Waals surface area contributed by atoms with Crippen molar-refractivity contribution in [2.75, 3.05) is 6.54 Å². The van der Waals surface area contributed by atoms with Gasteiger partial charge in [-0.3, -0.25) is 4.68 Å². The minimum absolute atomic E-state index is 0.117. The van der Waals surface area contributed by atoms with Crippen molar-refractivity contribution in [2.24, 2.45) is 5.73 Å². The van der Waals surface area contributed by atoms with Gasteiger partial charge in [-0.2, -0.15) is 5.10 Å². The number of nitrogens with two attached hydrogens (primary N) is 1. The molecule has 0 aliphatic carbocycles. The summed E-state index contributed by atoms with van der Waals surface area (Å²) in [6.07, 6.45) is 2.52. The highest BCUT2D eigenvalue weighted by molar-refractivity contribution is 5.42. The molecule has 5 nitrogen and oxygen atoms in total. The highest BCUT2D eigenvalue weighted by Crippen LogP contribution is 2.31. The number of nitrogens with zero attached hydrogens (tertiary/aromatic N) is 2. The van der Waals surface area contributed by atoms with E-state index in [1.165, 1.54) is 0 Å². The quantitative estimate of drug-likeness (QED) is 0.848. The number of phenolic OH excluding ortho intramolecular Hbond substituents is 1. The van der Waals surface area contributed by atoms with Crippen LogP contribution in [0.4, 0.5) is 0 Å². The fourth-order valence-corrected chi connectivity index (χ4v) is 1.66. The third kappa shape index (κ3) is 2.62. The van der Waals surface area contributed by atoms with Crippen molar-refractivity contribution in [3.63, 3.8) is 0 Å². The van der Waals surface area contributed by atoms with E-state index in [4.69, 9.17) is 10.5 Å². The van der Waals surface area contributed by atoms with E-state index in [0.717, 1.165) is 18.7 Å². The molecule has 5 heteroatoms. The van der Waals surface area contributed by atoms with Gasteiger partial charge in [0.05, 0.1) is 11.9 Å². The number of aromatic hydroxyl groups is 1. The first-order valence-corrected chi connectivity index (χ1v) is 5.90. The van der Waals surface area contributed by atoms with Crippen molar-refractivity contribution in [1.82, 2.24) is 9.78 Å². The topological polar surface area (TPSA) is 73.3 Å². The molecule has 0 amide bonds. The van der Waals surface area contributed by atoms with Gasteiger partial charge in [0.25, 0.3) is 0 Å². The summed E-state index contributed by atoms with van der Waals surface area (Å²) >= 11 is 0. The molecular formula is C13H17N3O2. The Morgan fingerprint density at radius 2 is 2.11 bits per heavy atom. The minimum Gasteiger partial charge on any atom is -0.504 e. The van der Waals surface area contributed by atoms with Gasteiger partial charge in [0.1, 0.15) is 0 Å². The summed E-state index contributed by atoms with van der Waals surface area (Å²) in [5, 5.41) is 13.9.